The number of para-hydroxylation sites is 1. The van der Waals surface area contributed by atoms with Gasteiger partial charge >= 0.3 is 0 Å². The van der Waals surface area contributed by atoms with Gasteiger partial charge in [-0.3, -0.25) is 9.58 Å². The lowest BCUT2D eigenvalue weighted by Crippen LogP contribution is -2.51. The smallest absolute Gasteiger partial charge is 0.244 e. The van der Waals surface area contributed by atoms with Crippen LogP contribution in [-0.2, 0) is 23.1 Å². The number of likely N-dealkylation sites (tertiary alicyclic amines) is 1. The first kappa shape index (κ1) is 21.3. The molecule has 0 bridgehead atoms. The van der Waals surface area contributed by atoms with Crippen molar-refractivity contribution in [2.45, 2.75) is 70.6 Å². The highest BCUT2D eigenvalue weighted by Crippen LogP contribution is 2.31. The fourth-order valence-corrected chi connectivity index (χ4v) is 6.01. The van der Waals surface area contributed by atoms with E-state index < -0.39 is 10.0 Å². The number of aryl methyl sites for hydroxylation is 2. The number of benzene rings is 1. The number of piperidine rings is 1. The Kier molecular flexibility index (Phi) is 6.18. The second-order valence-corrected chi connectivity index (χ2v) is 10.3. The largest absolute Gasteiger partial charge is 0.368 e. The fourth-order valence-electron chi connectivity index (χ4n) is 4.62. The van der Waals surface area contributed by atoms with Gasteiger partial charge in [-0.05, 0) is 64.3 Å². The van der Waals surface area contributed by atoms with Gasteiger partial charge in [0, 0.05) is 24.3 Å². The number of aromatic nitrogens is 2. The molecule has 3 heterocycles. The molecule has 1 saturated heterocycles. The first-order valence-corrected chi connectivity index (χ1v) is 12.5. The molecule has 8 heteroatoms. The van der Waals surface area contributed by atoms with Crippen LogP contribution in [0.1, 0.15) is 49.6 Å². The maximum Gasteiger partial charge on any atom is 0.244 e. The first-order chi connectivity index (χ1) is 14.4. The second-order valence-electron chi connectivity index (χ2n) is 8.58. The Labute approximate surface area is 179 Å². The highest BCUT2D eigenvalue weighted by Gasteiger charge is 2.35. The van der Waals surface area contributed by atoms with Gasteiger partial charge in [-0.25, -0.2) is 8.42 Å². The van der Waals surface area contributed by atoms with Crippen molar-refractivity contribution >= 4 is 15.7 Å². The van der Waals surface area contributed by atoms with Gasteiger partial charge in [0.2, 0.25) is 10.0 Å². The van der Waals surface area contributed by atoms with Crippen LogP contribution in [0.5, 0.6) is 0 Å². The van der Waals surface area contributed by atoms with Crippen LogP contribution in [0, 0.1) is 19.8 Å². The normalized spacial score (nSPS) is 21.9. The third-order valence-corrected chi connectivity index (χ3v) is 8.01. The molecule has 7 nitrogen and oxygen atoms in total. The van der Waals surface area contributed by atoms with E-state index in [9.17, 15) is 8.42 Å². The average molecular weight is 432 g/mol. The van der Waals surface area contributed by atoms with E-state index in [-0.39, 0.29) is 12.1 Å². The zero-order valence-electron chi connectivity index (χ0n) is 18.2. The van der Waals surface area contributed by atoms with E-state index in [0.29, 0.717) is 10.6 Å². The van der Waals surface area contributed by atoms with Crippen molar-refractivity contribution in [3.8, 4) is 0 Å². The maximum atomic E-state index is 12.6. The number of hydrogen-bond donors (Lipinski definition) is 2. The van der Waals surface area contributed by atoms with Gasteiger partial charge in [0.25, 0.3) is 0 Å². The lowest BCUT2D eigenvalue weighted by molar-refractivity contribution is 0.163. The molecule has 1 aromatic heterocycles. The van der Waals surface area contributed by atoms with Crippen molar-refractivity contribution in [2.75, 3.05) is 18.4 Å². The molecular weight excluding hydrogens is 398 g/mol. The predicted molar refractivity (Wildman–Crippen MR) is 119 cm³/mol. The number of anilines is 1. The summed E-state index contributed by atoms with van der Waals surface area (Å²) in [5.74, 6) is 0.277. The SMILES string of the molecule is CCCCn1nc(C)c(CN2CCC(C3Nc4ccccc4S(=O)(=O)N3)CC2)c1C. The molecule has 1 aromatic carbocycles. The Morgan fingerprint density at radius 1 is 1.17 bits per heavy atom. The quantitative estimate of drug-likeness (QED) is 0.734. The zero-order valence-corrected chi connectivity index (χ0v) is 19.0. The number of fused-ring (bicyclic) bond motifs is 1. The van der Waals surface area contributed by atoms with Crippen molar-refractivity contribution < 1.29 is 8.42 Å². The third-order valence-electron chi connectivity index (χ3n) is 6.51. The number of sulfonamides is 1. The van der Waals surface area contributed by atoms with Crippen molar-refractivity contribution in [2.24, 2.45) is 5.92 Å². The number of rotatable bonds is 6. The number of nitrogens with one attached hydrogen (secondary N) is 2. The van der Waals surface area contributed by atoms with Gasteiger partial charge in [0.1, 0.15) is 4.90 Å². The van der Waals surface area contributed by atoms with Gasteiger partial charge in [0.15, 0.2) is 0 Å². The van der Waals surface area contributed by atoms with E-state index in [1.165, 1.54) is 17.7 Å². The second kappa shape index (κ2) is 8.69. The minimum atomic E-state index is -3.46. The summed E-state index contributed by atoms with van der Waals surface area (Å²) in [5.41, 5.74) is 4.45. The van der Waals surface area contributed by atoms with Crippen LogP contribution in [0.25, 0.3) is 0 Å². The number of hydrogen-bond acceptors (Lipinski definition) is 5. The van der Waals surface area contributed by atoms with Gasteiger partial charge < -0.3 is 5.32 Å². The Morgan fingerprint density at radius 2 is 1.90 bits per heavy atom. The van der Waals surface area contributed by atoms with Crippen LogP contribution in [0.3, 0.4) is 0 Å². The van der Waals surface area contributed by atoms with Gasteiger partial charge in [-0.1, -0.05) is 25.5 Å². The molecule has 4 rings (SSSR count). The van der Waals surface area contributed by atoms with Gasteiger partial charge in [-0.15, -0.1) is 0 Å². The molecule has 0 amide bonds. The van der Waals surface area contributed by atoms with Crippen LogP contribution in [0.4, 0.5) is 5.69 Å². The van der Waals surface area contributed by atoms with Crippen molar-refractivity contribution in [3.63, 3.8) is 0 Å². The van der Waals surface area contributed by atoms with Crippen LogP contribution >= 0.6 is 0 Å². The molecule has 0 spiro atoms. The monoisotopic (exact) mass is 431 g/mol. The third kappa shape index (κ3) is 4.26. The van der Waals surface area contributed by atoms with Crippen LogP contribution < -0.4 is 10.0 Å². The molecule has 1 atom stereocenters. The summed E-state index contributed by atoms with van der Waals surface area (Å²) in [4.78, 5) is 2.81. The van der Waals surface area contributed by atoms with E-state index in [1.807, 2.05) is 12.1 Å². The van der Waals surface area contributed by atoms with E-state index >= 15 is 0 Å². The standard InChI is InChI=1S/C22H33N5O2S/c1-4-5-12-27-17(3)19(16(2)24-27)15-26-13-10-18(11-14-26)22-23-20-8-6-7-9-21(20)30(28,29)25-22/h6-9,18,22-23,25H,4-5,10-15H2,1-3H3. The molecular formula is C22H33N5O2S. The Hall–Kier alpha value is -1.90. The number of unbranched alkanes of at least 4 members (excludes halogenated alkanes) is 1. The van der Waals surface area contributed by atoms with E-state index in [2.05, 4.69) is 40.4 Å². The van der Waals surface area contributed by atoms with E-state index in [0.717, 1.165) is 51.1 Å². The summed E-state index contributed by atoms with van der Waals surface area (Å²) >= 11 is 0. The molecule has 2 aromatic rings. The zero-order chi connectivity index (χ0) is 21.3. The molecule has 1 fully saturated rings. The number of nitrogens with zero attached hydrogens (tertiary/aromatic N) is 3. The molecule has 1 unspecified atom stereocenters. The van der Waals surface area contributed by atoms with E-state index in [1.54, 1.807) is 12.1 Å². The summed E-state index contributed by atoms with van der Waals surface area (Å²) in [6.07, 6.45) is 4.01. The van der Waals surface area contributed by atoms with Crippen LogP contribution in [0.15, 0.2) is 29.2 Å². The fraction of sp³-hybridized carbons (Fsp3) is 0.591. The van der Waals surface area contributed by atoms with Crippen molar-refractivity contribution in [1.29, 1.82) is 0 Å². The highest BCUT2D eigenvalue weighted by atomic mass is 32.2. The summed E-state index contributed by atoms with van der Waals surface area (Å²) in [5, 5.41) is 8.15. The Bertz CT molecular complexity index is 993. The Balaban J connectivity index is 1.38. The maximum absolute atomic E-state index is 12.6. The molecule has 164 valence electrons. The topological polar surface area (TPSA) is 79.3 Å². The average Bonchev–Trinajstić information content (AvgIpc) is 3.00. The van der Waals surface area contributed by atoms with Gasteiger partial charge in [0.05, 0.1) is 17.5 Å². The molecule has 30 heavy (non-hydrogen) atoms. The summed E-state index contributed by atoms with van der Waals surface area (Å²) in [7, 11) is -3.46. The minimum Gasteiger partial charge on any atom is -0.368 e. The molecule has 0 saturated carbocycles. The molecule has 2 N–H and O–H groups in total. The Morgan fingerprint density at radius 3 is 2.63 bits per heavy atom. The molecule has 2 aliphatic rings. The van der Waals surface area contributed by atoms with E-state index in [4.69, 9.17) is 5.10 Å². The van der Waals surface area contributed by atoms with Crippen molar-refractivity contribution in [3.05, 3.63) is 41.2 Å². The lowest BCUT2D eigenvalue weighted by Gasteiger charge is -2.39. The first-order valence-electron chi connectivity index (χ1n) is 11.0. The molecule has 0 aliphatic carbocycles. The summed E-state index contributed by atoms with van der Waals surface area (Å²) in [6, 6.07) is 7.12. The molecule has 0 radical (unpaired) electrons. The lowest BCUT2D eigenvalue weighted by atomic mass is 9.93. The summed E-state index contributed by atoms with van der Waals surface area (Å²) < 4.78 is 30.2. The summed E-state index contributed by atoms with van der Waals surface area (Å²) in [6.45, 7) is 10.3. The van der Waals surface area contributed by atoms with Crippen LogP contribution in [0.2, 0.25) is 0 Å². The molecule has 2 aliphatic heterocycles. The van der Waals surface area contributed by atoms with Gasteiger partial charge in [-0.2, -0.15) is 9.82 Å². The van der Waals surface area contributed by atoms with Crippen molar-refractivity contribution in [1.82, 2.24) is 19.4 Å². The minimum absolute atomic E-state index is 0.243. The predicted octanol–water partition coefficient (Wildman–Crippen LogP) is 3.24. The van der Waals surface area contributed by atoms with Crippen LogP contribution in [-0.4, -0.2) is 42.4 Å². The highest BCUT2D eigenvalue weighted by molar-refractivity contribution is 7.89.